The molecule has 0 fully saturated rings. The summed E-state index contributed by atoms with van der Waals surface area (Å²) in [4.78, 5) is 27.3. The van der Waals surface area contributed by atoms with E-state index in [4.69, 9.17) is 34.8 Å². The fourth-order valence-corrected chi connectivity index (χ4v) is 4.77. The molecule has 0 heterocycles. The van der Waals surface area contributed by atoms with Crippen molar-refractivity contribution in [3.63, 3.8) is 0 Å². The monoisotopic (exact) mass is 500 g/mol. The first kappa shape index (κ1) is 25.9. The molecular formula is C23H27Cl3N2O2S. The number of hydrogen-bond acceptors (Lipinski definition) is 3. The van der Waals surface area contributed by atoms with Crippen molar-refractivity contribution in [1.29, 1.82) is 0 Å². The third-order valence-electron chi connectivity index (χ3n) is 4.83. The van der Waals surface area contributed by atoms with E-state index in [0.717, 1.165) is 24.0 Å². The van der Waals surface area contributed by atoms with E-state index in [0.29, 0.717) is 27.4 Å². The van der Waals surface area contributed by atoms with Crippen molar-refractivity contribution in [2.45, 2.75) is 45.0 Å². The standard InChI is InChI=1S/C23H27Cl3N2O2S/c1-3-4-12-27-23(30)16(2)28(13-17-8-5-6-9-19(17)24)22(29)15-31-14-18-20(25)10-7-11-21(18)26/h5-11,16H,3-4,12-15H2,1-2H3,(H,27,30)/t16-/m1/s1. The van der Waals surface area contributed by atoms with E-state index >= 15 is 0 Å². The molecule has 0 saturated carbocycles. The molecule has 0 aliphatic carbocycles. The zero-order valence-corrected chi connectivity index (χ0v) is 20.8. The molecule has 2 amide bonds. The van der Waals surface area contributed by atoms with Gasteiger partial charge in [0.2, 0.25) is 11.8 Å². The molecule has 0 aromatic heterocycles. The summed E-state index contributed by atoms with van der Waals surface area (Å²) in [6.07, 6.45) is 1.88. The van der Waals surface area contributed by atoms with E-state index in [-0.39, 0.29) is 24.1 Å². The largest absolute Gasteiger partial charge is 0.354 e. The van der Waals surface area contributed by atoms with Crippen molar-refractivity contribution < 1.29 is 9.59 Å². The number of carbonyl (C=O) groups is 2. The highest BCUT2D eigenvalue weighted by Gasteiger charge is 2.26. The lowest BCUT2D eigenvalue weighted by Gasteiger charge is -2.29. The van der Waals surface area contributed by atoms with Crippen LogP contribution in [0.15, 0.2) is 42.5 Å². The number of benzene rings is 2. The van der Waals surface area contributed by atoms with Crippen LogP contribution in [0.2, 0.25) is 15.1 Å². The minimum absolute atomic E-state index is 0.147. The second-order valence-corrected chi connectivity index (χ2v) is 9.33. The van der Waals surface area contributed by atoms with Crippen LogP contribution in [-0.2, 0) is 21.9 Å². The minimum atomic E-state index is -0.620. The number of hydrogen-bond donors (Lipinski definition) is 1. The Morgan fingerprint density at radius 1 is 1.03 bits per heavy atom. The number of unbranched alkanes of at least 4 members (excludes halogenated alkanes) is 1. The van der Waals surface area contributed by atoms with Crippen LogP contribution in [0.25, 0.3) is 0 Å². The molecule has 1 N–H and O–H groups in total. The fourth-order valence-electron chi connectivity index (χ4n) is 2.92. The van der Waals surface area contributed by atoms with Crippen LogP contribution in [0, 0.1) is 0 Å². The van der Waals surface area contributed by atoms with Gasteiger partial charge in [0.05, 0.1) is 5.75 Å². The highest BCUT2D eigenvalue weighted by Crippen LogP contribution is 2.28. The number of nitrogens with zero attached hydrogens (tertiary/aromatic N) is 1. The third kappa shape index (κ3) is 7.90. The molecule has 2 aromatic carbocycles. The average Bonchev–Trinajstić information content (AvgIpc) is 2.74. The first-order valence-electron chi connectivity index (χ1n) is 10.2. The number of rotatable bonds is 11. The van der Waals surface area contributed by atoms with Crippen LogP contribution in [-0.4, -0.2) is 35.1 Å². The minimum Gasteiger partial charge on any atom is -0.354 e. The highest BCUT2D eigenvalue weighted by atomic mass is 35.5. The summed E-state index contributed by atoms with van der Waals surface area (Å²) in [6.45, 7) is 4.65. The lowest BCUT2D eigenvalue weighted by Crippen LogP contribution is -2.48. The lowest BCUT2D eigenvalue weighted by atomic mass is 10.1. The van der Waals surface area contributed by atoms with Gasteiger partial charge in [-0.1, -0.05) is 72.4 Å². The molecular weight excluding hydrogens is 475 g/mol. The van der Waals surface area contributed by atoms with Crippen molar-refractivity contribution in [2.75, 3.05) is 12.3 Å². The third-order valence-corrected chi connectivity index (χ3v) is 6.85. The molecule has 4 nitrogen and oxygen atoms in total. The van der Waals surface area contributed by atoms with Gasteiger partial charge in [0.25, 0.3) is 0 Å². The number of thioether (sulfide) groups is 1. The van der Waals surface area contributed by atoms with Crippen molar-refractivity contribution >= 4 is 58.4 Å². The van der Waals surface area contributed by atoms with Crippen LogP contribution in [0.4, 0.5) is 0 Å². The zero-order valence-electron chi connectivity index (χ0n) is 17.7. The fraction of sp³-hybridized carbons (Fsp3) is 0.391. The molecule has 1 atom stereocenters. The summed E-state index contributed by atoms with van der Waals surface area (Å²) in [6, 6.07) is 12.1. The Balaban J connectivity index is 2.09. The van der Waals surface area contributed by atoms with Crippen LogP contribution >= 0.6 is 46.6 Å². The maximum Gasteiger partial charge on any atom is 0.242 e. The number of nitrogens with one attached hydrogen (secondary N) is 1. The topological polar surface area (TPSA) is 49.4 Å². The van der Waals surface area contributed by atoms with Gasteiger partial charge in [0, 0.05) is 33.9 Å². The summed E-state index contributed by atoms with van der Waals surface area (Å²) >= 11 is 20.2. The number of carbonyl (C=O) groups excluding carboxylic acids is 2. The number of halogens is 3. The van der Waals surface area contributed by atoms with Gasteiger partial charge in [-0.3, -0.25) is 9.59 Å². The highest BCUT2D eigenvalue weighted by molar-refractivity contribution is 7.99. The molecule has 0 aliphatic heterocycles. The van der Waals surface area contributed by atoms with E-state index in [2.05, 4.69) is 12.2 Å². The summed E-state index contributed by atoms with van der Waals surface area (Å²) in [5, 5.41) is 4.62. The Morgan fingerprint density at radius 3 is 2.32 bits per heavy atom. The molecule has 2 aromatic rings. The number of amides is 2. The first-order chi connectivity index (χ1) is 14.8. The molecule has 0 bridgehead atoms. The molecule has 0 radical (unpaired) electrons. The van der Waals surface area contributed by atoms with Crippen molar-refractivity contribution in [3.05, 3.63) is 68.7 Å². The van der Waals surface area contributed by atoms with Crippen LogP contribution in [0.3, 0.4) is 0 Å². The van der Waals surface area contributed by atoms with Gasteiger partial charge in [-0.15, -0.1) is 11.8 Å². The Hall–Kier alpha value is -1.40. The first-order valence-corrected chi connectivity index (χ1v) is 12.4. The Bertz CT molecular complexity index is 875. The van der Waals surface area contributed by atoms with Crippen LogP contribution < -0.4 is 5.32 Å². The van der Waals surface area contributed by atoms with Crippen molar-refractivity contribution in [1.82, 2.24) is 10.2 Å². The quantitative estimate of drug-likeness (QED) is 0.372. The average molecular weight is 502 g/mol. The molecule has 2 rings (SSSR count). The summed E-state index contributed by atoms with van der Waals surface area (Å²) < 4.78 is 0. The smallest absolute Gasteiger partial charge is 0.242 e. The molecule has 31 heavy (non-hydrogen) atoms. The van der Waals surface area contributed by atoms with E-state index in [9.17, 15) is 9.59 Å². The Morgan fingerprint density at radius 2 is 1.68 bits per heavy atom. The summed E-state index contributed by atoms with van der Waals surface area (Å²) in [5.41, 5.74) is 1.59. The van der Waals surface area contributed by atoms with E-state index in [1.807, 2.05) is 18.2 Å². The SMILES string of the molecule is CCCCNC(=O)[C@@H](C)N(Cc1ccccc1Cl)C(=O)CSCc1c(Cl)cccc1Cl. The van der Waals surface area contributed by atoms with Crippen LogP contribution in [0.1, 0.15) is 37.8 Å². The molecule has 0 aliphatic rings. The van der Waals surface area contributed by atoms with E-state index in [1.165, 1.54) is 11.8 Å². The Labute approximate surface area is 203 Å². The second kappa shape index (κ2) is 13.2. The predicted octanol–water partition coefficient (Wildman–Crippen LogP) is 6.21. The molecule has 168 valence electrons. The zero-order chi connectivity index (χ0) is 22.8. The summed E-state index contributed by atoms with van der Waals surface area (Å²) in [7, 11) is 0. The predicted molar refractivity (Wildman–Crippen MR) is 132 cm³/mol. The van der Waals surface area contributed by atoms with Crippen LogP contribution in [0.5, 0.6) is 0 Å². The Kier molecular flexibility index (Phi) is 11.0. The normalized spacial score (nSPS) is 11.8. The molecule has 0 saturated heterocycles. The summed E-state index contributed by atoms with van der Waals surface area (Å²) in [5.74, 6) is 0.374. The van der Waals surface area contributed by atoms with Gasteiger partial charge in [0.15, 0.2) is 0 Å². The van der Waals surface area contributed by atoms with E-state index < -0.39 is 6.04 Å². The van der Waals surface area contributed by atoms with Gasteiger partial charge < -0.3 is 10.2 Å². The van der Waals surface area contributed by atoms with Gasteiger partial charge >= 0.3 is 0 Å². The molecule has 0 spiro atoms. The van der Waals surface area contributed by atoms with Gasteiger partial charge in [-0.05, 0) is 42.7 Å². The molecule has 0 unspecified atom stereocenters. The maximum atomic E-state index is 13.1. The van der Waals surface area contributed by atoms with Crippen molar-refractivity contribution in [3.8, 4) is 0 Å². The maximum absolute atomic E-state index is 13.1. The van der Waals surface area contributed by atoms with Crippen molar-refractivity contribution in [2.24, 2.45) is 0 Å². The van der Waals surface area contributed by atoms with Gasteiger partial charge in [0.1, 0.15) is 6.04 Å². The van der Waals surface area contributed by atoms with E-state index in [1.54, 1.807) is 36.1 Å². The lowest BCUT2D eigenvalue weighted by molar-refractivity contribution is -0.138. The second-order valence-electron chi connectivity index (χ2n) is 7.13. The molecule has 8 heteroatoms. The van der Waals surface area contributed by atoms with Gasteiger partial charge in [-0.2, -0.15) is 0 Å². The van der Waals surface area contributed by atoms with Gasteiger partial charge in [-0.25, -0.2) is 0 Å².